The number of nitrogens with one attached hydrogen (secondary N) is 1. The Morgan fingerprint density at radius 1 is 0.960 bits per heavy atom. The molecule has 6 nitrogen and oxygen atoms in total. The Morgan fingerprint density at radius 2 is 1.68 bits per heavy atom. The Kier molecular flexibility index (Phi) is 5.74. The third-order valence-corrected chi connectivity index (χ3v) is 4.32. The molecule has 1 aliphatic heterocycles. The van der Waals surface area contributed by atoms with Crippen molar-refractivity contribution in [2.24, 2.45) is 0 Å². The summed E-state index contributed by atoms with van der Waals surface area (Å²) in [6.45, 7) is 4.43. The predicted molar refractivity (Wildman–Crippen MR) is 95.4 cm³/mol. The molecule has 2 heterocycles. The van der Waals surface area contributed by atoms with Gasteiger partial charge >= 0.3 is 0 Å². The lowest BCUT2D eigenvalue weighted by Crippen LogP contribution is -2.50. The molecule has 0 unspecified atom stereocenters. The Balaban J connectivity index is 1.39. The van der Waals surface area contributed by atoms with E-state index in [0.29, 0.717) is 25.2 Å². The lowest BCUT2D eigenvalue weighted by Gasteiger charge is -2.34. The topological polar surface area (TPSA) is 65.5 Å². The van der Waals surface area contributed by atoms with Crippen LogP contribution in [-0.2, 0) is 0 Å². The minimum atomic E-state index is -0.106. The van der Waals surface area contributed by atoms with Crippen LogP contribution in [0.2, 0.25) is 0 Å². The zero-order chi connectivity index (χ0) is 17.5. The second kappa shape index (κ2) is 8.39. The minimum Gasteiger partial charge on any atom is -0.351 e. The highest BCUT2D eigenvalue weighted by molar-refractivity contribution is 5.94. The molecule has 3 rings (SSSR count). The average molecular weight is 338 g/mol. The van der Waals surface area contributed by atoms with Crippen molar-refractivity contribution in [2.45, 2.75) is 0 Å². The van der Waals surface area contributed by atoms with Crippen LogP contribution in [-0.4, -0.2) is 65.9 Å². The fraction of sp³-hybridized carbons (Fsp3) is 0.316. The quantitative estimate of drug-likeness (QED) is 0.892. The number of carbonyl (C=O) groups excluding carboxylic acids is 2. The van der Waals surface area contributed by atoms with Crippen LogP contribution in [0.3, 0.4) is 0 Å². The zero-order valence-electron chi connectivity index (χ0n) is 14.1. The second-order valence-electron chi connectivity index (χ2n) is 6.00. The van der Waals surface area contributed by atoms with E-state index in [2.05, 4.69) is 15.2 Å². The fourth-order valence-corrected chi connectivity index (χ4v) is 2.86. The van der Waals surface area contributed by atoms with E-state index < -0.39 is 0 Å². The van der Waals surface area contributed by atoms with Gasteiger partial charge in [0.2, 0.25) is 0 Å². The average Bonchev–Trinajstić information content (AvgIpc) is 2.69. The molecule has 1 fully saturated rings. The maximum absolute atomic E-state index is 12.4. The van der Waals surface area contributed by atoms with Gasteiger partial charge in [-0.15, -0.1) is 0 Å². The first-order valence-electron chi connectivity index (χ1n) is 8.49. The molecular weight excluding hydrogens is 316 g/mol. The predicted octanol–water partition coefficient (Wildman–Crippen LogP) is 1.27. The zero-order valence-corrected chi connectivity index (χ0v) is 14.1. The van der Waals surface area contributed by atoms with E-state index in [9.17, 15) is 9.59 Å². The summed E-state index contributed by atoms with van der Waals surface area (Å²) in [6, 6.07) is 12.9. The van der Waals surface area contributed by atoms with Gasteiger partial charge in [-0.05, 0) is 24.3 Å². The van der Waals surface area contributed by atoms with Crippen molar-refractivity contribution in [2.75, 3.05) is 39.3 Å². The molecule has 0 aliphatic carbocycles. The summed E-state index contributed by atoms with van der Waals surface area (Å²) in [5, 5.41) is 2.90. The highest BCUT2D eigenvalue weighted by Crippen LogP contribution is 2.08. The number of amides is 2. The highest BCUT2D eigenvalue weighted by Gasteiger charge is 2.21. The molecule has 2 aromatic rings. The Morgan fingerprint density at radius 3 is 2.36 bits per heavy atom. The summed E-state index contributed by atoms with van der Waals surface area (Å²) in [4.78, 5) is 32.5. The molecule has 1 aromatic heterocycles. The van der Waals surface area contributed by atoms with Gasteiger partial charge in [-0.25, -0.2) is 0 Å². The molecule has 6 heteroatoms. The van der Waals surface area contributed by atoms with Crippen LogP contribution in [0, 0.1) is 0 Å². The normalized spacial score (nSPS) is 15.0. The number of benzene rings is 1. The van der Waals surface area contributed by atoms with Crippen molar-refractivity contribution in [3.63, 3.8) is 0 Å². The highest BCUT2D eigenvalue weighted by atomic mass is 16.2. The molecule has 130 valence electrons. The number of hydrogen-bond acceptors (Lipinski definition) is 4. The maximum Gasteiger partial charge on any atom is 0.253 e. The molecule has 1 aliphatic rings. The molecule has 0 saturated carbocycles. The third kappa shape index (κ3) is 4.64. The lowest BCUT2D eigenvalue weighted by molar-refractivity contribution is 0.0638. The van der Waals surface area contributed by atoms with Crippen LogP contribution in [0.1, 0.15) is 20.7 Å². The summed E-state index contributed by atoms with van der Waals surface area (Å²) < 4.78 is 0. The van der Waals surface area contributed by atoms with Crippen LogP contribution in [0.15, 0.2) is 54.9 Å². The van der Waals surface area contributed by atoms with Crippen molar-refractivity contribution < 1.29 is 9.59 Å². The summed E-state index contributed by atoms with van der Waals surface area (Å²) in [6.07, 6.45) is 3.20. The molecule has 1 saturated heterocycles. The number of hydrogen-bond donors (Lipinski definition) is 1. The number of nitrogens with zero attached hydrogens (tertiary/aromatic N) is 3. The Bertz CT molecular complexity index is 695. The van der Waals surface area contributed by atoms with Crippen LogP contribution in [0.5, 0.6) is 0 Å². The number of pyridine rings is 1. The maximum atomic E-state index is 12.4. The largest absolute Gasteiger partial charge is 0.351 e. The standard InChI is InChI=1S/C19H22N4O2/c24-18(17-7-4-8-20-15-17)21-9-10-22-11-13-23(14-12-22)19(25)16-5-2-1-3-6-16/h1-8,15H,9-14H2,(H,21,24). The summed E-state index contributed by atoms with van der Waals surface area (Å²) in [5.74, 6) is -0.0175. The van der Waals surface area contributed by atoms with Gasteiger partial charge in [0.15, 0.2) is 0 Å². The van der Waals surface area contributed by atoms with Gasteiger partial charge in [-0.2, -0.15) is 0 Å². The molecule has 0 spiro atoms. The van der Waals surface area contributed by atoms with Crippen molar-refractivity contribution in [3.8, 4) is 0 Å². The molecule has 1 aromatic carbocycles. The van der Waals surface area contributed by atoms with E-state index in [4.69, 9.17) is 0 Å². The van der Waals surface area contributed by atoms with E-state index in [0.717, 1.165) is 25.2 Å². The molecule has 1 N–H and O–H groups in total. The van der Waals surface area contributed by atoms with Crippen molar-refractivity contribution in [3.05, 3.63) is 66.0 Å². The molecule has 25 heavy (non-hydrogen) atoms. The molecule has 2 amide bonds. The first kappa shape index (κ1) is 17.1. The number of piperazine rings is 1. The van der Waals surface area contributed by atoms with E-state index in [1.165, 1.54) is 0 Å². The van der Waals surface area contributed by atoms with Crippen LogP contribution in [0.4, 0.5) is 0 Å². The second-order valence-corrected chi connectivity index (χ2v) is 6.00. The SMILES string of the molecule is O=C(NCCN1CCN(C(=O)c2ccccc2)CC1)c1cccnc1. The van der Waals surface area contributed by atoms with Gasteiger partial charge in [0.1, 0.15) is 0 Å². The van der Waals surface area contributed by atoms with Crippen LogP contribution < -0.4 is 5.32 Å². The van der Waals surface area contributed by atoms with E-state index in [-0.39, 0.29) is 11.8 Å². The van der Waals surface area contributed by atoms with Gasteiger partial charge in [0.05, 0.1) is 5.56 Å². The smallest absolute Gasteiger partial charge is 0.253 e. The van der Waals surface area contributed by atoms with Gasteiger partial charge in [-0.3, -0.25) is 19.5 Å². The van der Waals surface area contributed by atoms with Crippen molar-refractivity contribution in [1.82, 2.24) is 20.1 Å². The summed E-state index contributed by atoms with van der Waals surface area (Å²) >= 11 is 0. The number of aromatic nitrogens is 1. The molecule has 0 bridgehead atoms. The first-order chi connectivity index (χ1) is 12.2. The van der Waals surface area contributed by atoms with E-state index in [1.807, 2.05) is 35.2 Å². The monoisotopic (exact) mass is 338 g/mol. The first-order valence-corrected chi connectivity index (χ1v) is 8.49. The van der Waals surface area contributed by atoms with Crippen molar-refractivity contribution in [1.29, 1.82) is 0 Å². The van der Waals surface area contributed by atoms with Gasteiger partial charge in [0.25, 0.3) is 11.8 Å². The van der Waals surface area contributed by atoms with Gasteiger partial charge in [0, 0.05) is 57.2 Å². The van der Waals surface area contributed by atoms with E-state index >= 15 is 0 Å². The van der Waals surface area contributed by atoms with Crippen LogP contribution in [0.25, 0.3) is 0 Å². The molecule has 0 radical (unpaired) electrons. The van der Waals surface area contributed by atoms with Gasteiger partial charge < -0.3 is 10.2 Å². The fourth-order valence-electron chi connectivity index (χ4n) is 2.86. The van der Waals surface area contributed by atoms with Crippen molar-refractivity contribution >= 4 is 11.8 Å². The number of rotatable bonds is 5. The minimum absolute atomic E-state index is 0.0881. The Labute approximate surface area is 147 Å². The third-order valence-electron chi connectivity index (χ3n) is 4.32. The molecule has 0 atom stereocenters. The van der Waals surface area contributed by atoms with Gasteiger partial charge in [-0.1, -0.05) is 18.2 Å². The summed E-state index contributed by atoms with van der Waals surface area (Å²) in [5.41, 5.74) is 1.31. The summed E-state index contributed by atoms with van der Waals surface area (Å²) in [7, 11) is 0. The van der Waals surface area contributed by atoms with Crippen LogP contribution >= 0.6 is 0 Å². The molecular formula is C19H22N4O2. The Hall–Kier alpha value is -2.73. The number of carbonyl (C=O) groups is 2. The van der Waals surface area contributed by atoms with E-state index in [1.54, 1.807) is 24.5 Å². The lowest BCUT2D eigenvalue weighted by atomic mass is 10.2.